The summed E-state index contributed by atoms with van der Waals surface area (Å²) in [5.74, 6) is -0.225. The van der Waals surface area contributed by atoms with Crippen molar-refractivity contribution in [2.45, 2.75) is 37.8 Å². The van der Waals surface area contributed by atoms with E-state index in [9.17, 15) is 9.90 Å². The summed E-state index contributed by atoms with van der Waals surface area (Å²) in [6.45, 7) is 0. The zero-order chi connectivity index (χ0) is 18.6. The Balaban J connectivity index is 1.68. The number of amides is 1. The summed E-state index contributed by atoms with van der Waals surface area (Å²) < 4.78 is 1.70. The van der Waals surface area contributed by atoms with Gasteiger partial charge in [0, 0.05) is 11.6 Å². The lowest BCUT2D eigenvalue weighted by Crippen LogP contribution is -2.39. The van der Waals surface area contributed by atoms with Crippen molar-refractivity contribution in [3.8, 4) is 16.9 Å². The molecule has 0 unspecified atom stereocenters. The summed E-state index contributed by atoms with van der Waals surface area (Å²) in [5.41, 5.74) is 2.73. The van der Waals surface area contributed by atoms with Crippen LogP contribution in [0, 0.1) is 0 Å². The fraction of sp³-hybridized carbons (Fsp3) is 0.286. The van der Waals surface area contributed by atoms with E-state index in [4.69, 9.17) is 0 Å². The molecule has 4 rings (SSSR count). The standard InChI is InChI=1S/C21H22N4O2/c26-18-13-11-16(12-14-18)22-21(27)19-20(15-7-3-1-4-8-15)25(24-23-19)17-9-5-2-6-10-17/h1-10,16,18,26H,11-14H2,(H,22,27). The van der Waals surface area contributed by atoms with E-state index in [0.717, 1.165) is 24.1 Å². The van der Waals surface area contributed by atoms with Crippen molar-refractivity contribution < 1.29 is 9.90 Å². The SMILES string of the molecule is O=C(NC1CCC(O)CC1)c1nnn(-c2ccccc2)c1-c1ccccc1. The number of nitrogens with zero attached hydrogens (tertiary/aromatic N) is 3. The van der Waals surface area contributed by atoms with Gasteiger partial charge >= 0.3 is 0 Å². The third-order valence-electron chi connectivity index (χ3n) is 4.97. The average Bonchev–Trinajstić information content (AvgIpc) is 3.16. The third-order valence-corrected chi connectivity index (χ3v) is 4.97. The Hall–Kier alpha value is -2.99. The molecule has 2 N–H and O–H groups in total. The second-order valence-corrected chi connectivity index (χ2v) is 6.88. The van der Waals surface area contributed by atoms with Crippen molar-refractivity contribution in [2.75, 3.05) is 0 Å². The van der Waals surface area contributed by atoms with Crippen molar-refractivity contribution in [3.05, 3.63) is 66.4 Å². The highest BCUT2D eigenvalue weighted by Gasteiger charge is 2.26. The second-order valence-electron chi connectivity index (χ2n) is 6.88. The lowest BCUT2D eigenvalue weighted by molar-refractivity contribution is 0.0863. The van der Waals surface area contributed by atoms with Gasteiger partial charge in [-0.2, -0.15) is 0 Å². The molecule has 1 amide bonds. The van der Waals surface area contributed by atoms with Crippen molar-refractivity contribution >= 4 is 5.91 Å². The normalized spacial score (nSPS) is 19.6. The Kier molecular flexibility index (Phi) is 4.98. The molecule has 27 heavy (non-hydrogen) atoms. The Morgan fingerprint density at radius 1 is 0.963 bits per heavy atom. The highest BCUT2D eigenvalue weighted by atomic mass is 16.3. The molecule has 0 radical (unpaired) electrons. The monoisotopic (exact) mass is 362 g/mol. The Morgan fingerprint density at radius 3 is 2.26 bits per heavy atom. The smallest absolute Gasteiger partial charge is 0.274 e. The zero-order valence-electron chi connectivity index (χ0n) is 15.0. The molecule has 0 saturated heterocycles. The molecule has 6 nitrogen and oxygen atoms in total. The highest BCUT2D eigenvalue weighted by Crippen LogP contribution is 2.26. The first-order chi connectivity index (χ1) is 13.2. The number of aromatic nitrogens is 3. The van der Waals surface area contributed by atoms with Crippen LogP contribution in [0.15, 0.2) is 60.7 Å². The summed E-state index contributed by atoms with van der Waals surface area (Å²) in [4.78, 5) is 12.9. The molecule has 3 aromatic rings. The van der Waals surface area contributed by atoms with Crippen molar-refractivity contribution in [1.29, 1.82) is 0 Å². The van der Waals surface area contributed by atoms with Gasteiger partial charge < -0.3 is 10.4 Å². The van der Waals surface area contributed by atoms with Crippen LogP contribution in [0.4, 0.5) is 0 Å². The Bertz CT molecular complexity index is 900. The van der Waals surface area contributed by atoms with Gasteiger partial charge in [-0.3, -0.25) is 4.79 Å². The number of aliphatic hydroxyl groups is 1. The molecule has 1 aromatic heterocycles. The van der Waals surface area contributed by atoms with Gasteiger partial charge in [-0.05, 0) is 37.8 Å². The van der Waals surface area contributed by atoms with Crippen LogP contribution in [-0.4, -0.2) is 38.2 Å². The van der Waals surface area contributed by atoms with Gasteiger partial charge in [0.2, 0.25) is 0 Å². The highest BCUT2D eigenvalue weighted by molar-refractivity contribution is 5.98. The van der Waals surface area contributed by atoms with Crippen LogP contribution in [0.2, 0.25) is 0 Å². The molecule has 1 aliphatic rings. The van der Waals surface area contributed by atoms with E-state index >= 15 is 0 Å². The first-order valence-corrected chi connectivity index (χ1v) is 9.28. The molecule has 2 aromatic carbocycles. The maximum atomic E-state index is 12.9. The fourth-order valence-electron chi connectivity index (χ4n) is 3.51. The number of hydrogen-bond acceptors (Lipinski definition) is 4. The maximum Gasteiger partial charge on any atom is 0.274 e. The number of benzene rings is 2. The molecule has 0 atom stereocenters. The number of carbonyl (C=O) groups excluding carboxylic acids is 1. The number of para-hydroxylation sites is 1. The quantitative estimate of drug-likeness (QED) is 0.748. The van der Waals surface area contributed by atoms with Gasteiger partial charge in [0.05, 0.1) is 11.8 Å². The van der Waals surface area contributed by atoms with Gasteiger partial charge in [0.25, 0.3) is 5.91 Å². The van der Waals surface area contributed by atoms with E-state index in [-0.39, 0.29) is 18.1 Å². The van der Waals surface area contributed by atoms with Crippen molar-refractivity contribution in [1.82, 2.24) is 20.3 Å². The number of carbonyl (C=O) groups is 1. The van der Waals surface area contributed by atoms with Crippen LogP contribution in [0.1, 0.15) is 36.2 Å². The minimum atomic E-state index is -0.253. The first-order valence-electron chi connectivity index (χ1n) is 9.28. The predicted octanol–water partition coefficient (Wildman–Crippen LogP) is 2.97. The first kappa shape index (κ1) is 17.4. The predicted molar refractivity (Wildman–Crippen MR) is 103 cm³/mol. The van der Waals surface area contributed by atoms with Gasteiger partial charge in [0.1, 0.15) is 5.69 Å². The number of hydrogen-bond donors (Lipinski definition) is 2. The van der Waals surface area contributed by atoms with Gasteiger partial charge in [-0.15, -0.1) is 5.10 Å². The van der Waals surface area contributed by atoms with Crippen LogP contribution in [-0.2, 0) is 0 Å². The molecule has 1 heterocycles. The molecular formula is C21H22N4O2. The van der Waals surface area contributed by atoms with Crippen LogP contribution in [0.3, 0.4) is 0 Å². The summed E-state index contributed by atoms with van der Waals surface area (Å²) in [6, 6.07) is 19.4. The average molecular weight is 362 g/mol. The van der Waals surface area contributed by atoms with E-state index in [2.05, 4.69) is 15.6 Å². The van der Waals surface area contributed by atoms with E-state index in [1.165, 1.54) is 0 Å². The number of rotatable bonds is 4. The Labute approximate surface area is 157 Å². The minimum absolute atomic E-state index is 0.0615. The molecular weight excluding hydrogens is 340 g/mol. The molecule has 0 aliphatic heterocycles. The van der Waals surface area contributed by atoms with Gasteiger partial charge in [0.15, 0.2) is 5.69 Å². The number of nitrogens with one attached hydrogen (secondary N) is 1. The summed E-state index contributed by atoms with van der Waals surface area (Å²) in [7, 11) is 0. The van der Waals surface area contributed by atoms with E-state index in [0.29, 0.717) is 24.2 Å². The molecule has 138 valence electrons. The number of aliphatic hydroxyl groups excluding tert-OH is 1. The topological polar surface area (TPSA) is 80.0 Å². The lowest BCUT2D eigenvalue weighted by Gasteiger charge is -2.25. The van der Waals surface area contributed by atoms with Crippen LogP contribution in [0.5, 0.6) is 0 Å². The van der Waals surface area contributed by atoms with E-state index < -0.39 is 0 Å². The molecule has 0 bridgehead atoms. The second kappa shape index (κ2) is 7.72. The molecule has 1 aliphatic carbocycles. The summed E-state index contributed by atoms with van der Waals surface area (Å²) in [5, 5.41) is 21.2. The minimum Gasteiger partial charge on any atom is -0.393 e. The zero-order valence-corrected chi connectivity index (χ0v) is 15.0. The van der Waals surface area contributed by atoms with Crippen molar-refractivity contribution in [2.24, 2.45) is 0 Å². The van der Waals surface area contributed by atoms with E-state index in [1.54, 1.807) is 4.68 Å². The van der Waals surface area contributed by atoms with Gasteiger partial charge in [-0.25, -0.2) is 4.68 Å². The van der Waals surface area contributed by atoms with Crippen LogP contribution >= 0.6 is 0 Å². The van der Waals surface area contributed by atoms with Crippen LogP contribution < -0.4 is 5.32 Å². The fourth-order valence-corrected chi connectivity index (χ4v) is 3.51. The molecule has 6 heteroatoms. The lowest BCUT2D eigenvalue weighted by atomic mass is 9.93. The molecule has 0 spiro atoms. The van der Waals surface area contributed by atoms with Gasteiger partial charge in [-0.1, -0.05) is 53.7 Å². The van der Waals surface area contributed by atoms with Crippen molar-refractivity contribution in [3.63, 3.8) is 0 Å². The molecule has 1 saturated carbocycles. The molecule has 1 fully saturated rings. The summed E-state index contributed by atoms with van der Waals surface area (Å²) >= 11 is 0. The maximum absolute atomic E-state index is 12.9. The Morgan fingerprint density at radius 2 is 1.59 bits per heavy atom. The van der Waals surface area contributed by atoms with Crippen LogP contribution in [0.25, 0.3) is 16.9 Å². The summed E-state index contributed by atoms with van der Waals surface area (Å²) in [6.07, 6.45) is 2.73. The van der Waals surface area contributed by atoms with E-state index in [1.807, 2.05) is 60.7 Å². The third kappa shape index (κ3) is 3.75. The largest absolute Gasteiger partial charge is 0.393 e.